The van der Waals surface area contributed by atoms with Crippen LogP contribution in [0.4, 0.5) is 9.52 Å². The van der Waals surface area contributed by atoms with Gasteiger partial charge in [0.2, 0.25) is 0 Å². The lowest BCUT2D eigenvalue weighted by molar-refractivity contribution is 0.102. The second-order valence-corrected chi connectivity index (χ2v) is 7.12. The van der Waals surface area contributed by atoms with Gasteiger partial charge in [0.1, 0.15) is 11.5 Å². The summed E-state index contributed by atoms with van der Waals surface area (Å²) in [5, 5.41) is 13.1. The molecule has 1 N–H and O–H groups in total. The van der Waals surface area contributed by atoms with Crippen LogP contribution in [0.1, 0.15) is 35.4 Å². The number of thiazole rings is 1. The van der Waals surface area contributed by atoms with E-state index >= 15 is 0 Å². The number of pyridine rings is 1. The Labute approximate surface area is 170 Å². The maximum atomic E-state index is 13.2. The first-order valence-electron chi connectivity index (χ1n) is 8.99. The first-order valence-corrected chi connectivity index (χ1v) is 9.87. The summed E-state index contributed by atoms with van der Waals surface area (Å²) in [6, 6.07) is 11.7. The number of anilines is 1. The van der Waals surface area contributed by atoms with Crippen molar-refractivity contribution >= 4 is 22.4 Å². The van der Waals surface area contributed by atoms with Crippen LogP contribution < -0.4 is 5.32 Å². The summed E-state index contributed by atoms with van der Waals surface area (Å²) >= 11 is 1.31. The minimum Gasteiger partial charge on any atom is -0.296 e. The van der Waals surface area contributed by atoms with E-state index in [0.717, 1.165) is 17.7 Å². The number of hydrogen-bond acceptors (Lipinski definition) is 6. The number of carbonyl (C=O) groups excluding carboxylic acids is 1. The van der Waals surface area contributed by atoms with Crippen molar-refractivity contribution in [3.63, 3.8) is 0 Å². The quantitative estimate of drug-likeness (QED) is 0.517. The molecule has 0 aliphatic carbocycles. The summed E-state index contributed by atoms with van der Waals surface area (Å²) in [4.78, 5) is 21.2. The van der Waals surface area contributed by atoms with E-state index in [1.807, 2.05) is 30.5 Å². The highest BCUT2D eigenvalue weighted by molar-refractivity contribution is 7.14. The molecule has 0 bridgehead atoms. The molecule has 0 spiro atoms. The molecule has 0 aliphatic rings. The highest BCUT2D eigenvalue weighted by Crippen LogP contribution is 2.24. The number of benzene rings is 1. The van der Waals surface area contributed by atoms with Crippen molar-refractivity contribution in [2.45, 2.75) is 19.4 Å². The first-order chi connectivity index (χ1) is 14.1. The molecule has 0 fully saturated rings. The molecular weight excluding hydrogens is 391 g/mol. The molecule has 0 saturated heterocycles. The molecule has 1 aromatic carbocycles. The zero-order chi connectivity index (χ0) is 20.2. The van der Waals surface area contributed by atoms with Crippen molar-refractivity contribution in [3.8, 4) is 11.4 Å². The molecule has 1 amide bonds. The van der Waals surface area contributed by atoms with Gasteiger partial charge in [0.05, 0.1) is 17.9 Å². The third kappa shape index (κ3) is 4.19. The van der Waals surface area contributed by atoms with Gasteiger partial charge in [0, 0.05) is 11.6 Å². The summed E-state index contributed by atoms with van der Waals surface area (Å²) in [5.74, 6) is -0.692. The molecule has 4 aromatic rings. The Hall–Kier alpha value is -3.46. The van der Waals surface area contributed by atoms with Gasteiger partial charge < -0.3 is 0 Å². The number of rotatable bonds is 6. The van der Waals surface area contributed by atoms with E-state index in [1.54, 1.807) is 29.2 Å². The standard InChI is InChI=1S/C20H17FN6OS/c1-2-18(13-6-8-14(21)9-7-13)27-11-16(25-26-27)19(28)24-20-23-17(12-29-20)15-5-3-4-10-22-15/h3-12,18H,2H2,1H3,(H,23,24,28). The van der Waals surface area contributed by atoms with Crippen LogP contribution in [0, 0.1) is 5.82 Å². The van der Waals surface area contributed by atoms with Crippen LogP contribution in [0.5, 0.6) is 0 Å². The highest BCUT2D eigenvalue weighted by atomic mass is 32.1. The number of nitrogens with one attached hydrogen (secondary N) is 1. The molecule has 0 saturated carbocycles. The second kappa shape index (κ2) is 8.27. The van der Waals surface area contributed by atoms with E-state index in [2.05, 4.69) is 25.6 Å². The van der Waals surface area contributed by atoms with Gasteiger partial charge in [0.15, 0.2) is 10.8 Å². The molecule has 29 heavy (non-hydrogen) atoms. The largest absolute Gasteiger partial charge is 0.296 e. The molecule has 9 heteroatoms. The van der Waals surface area contributed by atoms with Crippen molar-refractivity contribution in [1.29, 1.82) is 0 Å². The average molecular weight is 408 g/mol. The fourth-order valence-electron chi connectivity index (χ4n) is 2.92. The number of halogens is 1. The van der Waals surface area contributed by atoms with Crippen molar-refractivity contribution in [3.05, 3.63) is 77.3 Å². The third-order valence-electron chi connectivity index (χ3n) is 4.36. The van der Waals surface area contributed by atoms with Crippen molar-refractivity contribution < 1.29 is 9.18 Å². The first kappa shape index (κ1) is 18.9. The Bertz CT molecular complexity index is 1110. The van der Waals surface area contributed by atoms with E-state index < -0.39 is 5.91 Å². The third-order valence-corrected chi connectivity index (χ3v) is 5.11. The van der Waals surface area contributed by atoms with Gasteiger partial charge in [-0.15, -0.1) is 16.4 Å². The van der Waals surface area contributed by atoms with E-state index in [1.165, 1.54) is 23.5 Å². The lowest BCUT2D eigenvalue weighted by atomic mass is 10.0. The van der Waals surface area contributed by atoms with Gasteiger partial charge in [-0.3, -0.25) is 15.1 Å². The van der Waals surface area contributed by atoms with E-state index in [-0.39, 0.29) is 17.6 Å². The molecule has 146 valence electrons. The Kier molecular flexibility index (Phi) is 5.39. The normalized spacial score (nSPS) is 11.9. The predicted octanol–water partition coefficient (Wildman–Crippen LogP) is 4.19. The van der Waals surface area contributed by atoms with Gasteiger partial charge in [-0.1, -0.05) is 30.3 Å². The van der Waals surface area contributed by atoms with Crippen molar-refractivity contribution in [2.75, 3.05) is 5.32 Å². The van der Waals surface area contributed by atoms with E-state index in [0.29, 0.717) is 10.8 Å². The van der Waals surface area contributed by atoms with Gasteiger partial charge in [-0.2, -0.15) is 0 Å². The van der Waals surface area contributed by atoms with Crippen molar-refractivity contribution in [2.24, 2.45) is 0 Å². The molecule has 3 heterocycles. The summed E-state index contributed by atoms with van der Waals surface area (Å²) in [5.41, 5.74) is 2.50. The molecule has 7 nitrogen and oxygen atoms in total. The van der Waals surface area contributed by atoms with Crippen LogP contribution in [-0.2, 0) is 0 Å². The minimum absolute atomic E-state index is 0.139. The van der Waals surface area contributed by atoms with Gasteiger partial charge in [-0.25, -0.2) is 14.1 Å². The molecule has 0 aliphatic heterocycles. The Balaban J connectivity index is 1.48. The lowest BCUT2D eigenvalue weighted by Crippen LogP contribution is -2.13. The molecule has 4 rings (SSSR count). The van der Waals surface area contributed by atoms with Crippen LogP contribution in [0.2, 0.25) is 0 Å². The molecule has 1 unspecified atom stereocenters. The molecule has 0 radical (unpaired) electrons. The van der Waals surface area contributed by atoms with Gasteiger partial charge in [0.25, 0.3) is 5.91 Å². The molecular formula is C20H17FN6OS. The fraction of sp³-hybridized carbons (Fsp3) is 0.150. The van der Waals surface area contributed by atoms with Crippen LogP contribution in [0.3, 0.4) is 0 Å². The zero-order valence-corrected chi connectivity index (χ0v) is 16.3. The number of carbonyl (C=O) groups is 1. The predicted molar refractivity (Wildman–Crippen MR) is 108 cm³/mol. The van der Waals surface area contributed by atoms with Crippen LogP contribution in [-0.4, -0.2) is 30.9 Å². The van der Waals surface area contributed by atoms with Crippen LogP contribution in [0.15, 0.2) is 60.2 Å². The summed E-state index contributed by atoms with van der Waals surface area (Å²) in [6.45, 7) is 1.99. The minimum atomic E-state index is -0.396. The maximum Gasteiger partial charge on any atom is 0.279 e. The van der Waals surface area contributed by atoms with Crippen molar-refractivity contribution in [1.82, 2.24) is 25.0 Å². The van der Waals surface area contributed by atoms with Crippen LogP contribution >= 0.6 is 11.3 Å². The van der Waals surface area contributed by atoms with Gasteiger partial charge in [-0.05, 0) is 36.2 Å². The smallest absolute Gasteiger partial charge is 0.279 e. The SMILES string of the molecule is CCC(c1ccc(F)cc1)n1cc(C(=O)Nc2nc(-c3ccccn3)cs2)nn1. The summed E-state index contributed by atoms with van der Waals surface area (Å²) in [7, 11) is 0. The number of amides is 1. The highest BCUT2D eigenvalue weighted by Gasteiger charge is 2.18. The number of aromatic nitrogens is 5. The topological polar surface area (TPSA) is 85.6 Å². The van der Waals surface area contributed by atoms with E-state index in [4.69, 9.17) is 0 Å². The monoisotopic (exact) mass is 408 g/mol. The average Bonchev–Trinajstić information content (AvgIpc) is 3.41. The summed E-state index contributed by atoms with van der Waals surface area (Å²) in [6.07, 6.45) is 3.99. The zero-order valence-electron chi connectivity index (χ0n) is 15.5. The number of nitrogens with zero attached hydrogens (tertiary/aromatic N) is 5. The summed E-state index contributed by atoms with van der Waals surface area (Å²) < 4.78 is 14.8. The van der Waals surface area contributed by atoms with Crippen LogP contribution in [0.25, 0.3) is 11.4 Å². The van der Waals surface area contributed by atoms with E-state index in [9.17, 15) is 9.18 Å². The number of hydrogen-bond donors (Lipinski definition) is 1. The fourth-order valence-corrected chi connectivity index (χ4v) is 3.62. The molecule has 1 atom stereocenters. The molecule has 3 aromatic heterocycles. The Morgan fingerprint density at radius 3 is 2.76 bits per heavy atom. The van der Waals surface area contributed by atoms with Gasteiger partial charge >= 0.3 is 0 Å². The Morgan fingerprint density at radius 2 is 2.03 bits per heavy atom. The second-order valence-electron chi connectivity index (χ2n) is 6.27. The lowest BCUT2D eigenvalue weighted by Gasteiger charge is -2.14. The maximum absolute atomic E-state index is 13.2. The Morgan fingerprint density at radius 1 is 1.21 bits per heavy atom.